The van der Waals surface area contributed by atoms with E-state index in [4.69, 9.17) is 9.15 Å². The van der Waals surface area contributed by atoms with Gasteiger partial charge in [-0.15, -0.1) is 5.10 Å². The van der Waals surface area contributed by atoms with Gasteiger partial charge in [-0.3, -0.25) is 14.5 Å². The van der Waals surface area contributed by atoms with Crippen LogP contribution in [0.2, 0.25) is 0 Å². The van der Waals surface area contributed by atoms with E-state index in [1.165, 1.54) is 21.9 Å². The van der Waals surface area contributed by atoms with Crippen LogP contribution >= 0.6 is 0 Å². The molecule has 2 aromatic heterocycles. The maximum absolute atomic E-state index is 14.0. The molecule has 0 fully saturated rings. The fourth-order valence-electron chi connectivity index (χ4n) is 3.98. The van der Waals surface area contributed by atoms with E-state index in [1.807, 2.05) is 39.0 Å². The second-order valence-corrected chi connectivity index (χ2v) is 9.41. The van der Waals surface area contributed by atoms with Crippen molar-refractivity contribution < 1.29 is 23.5 Å². The molecule has 4 rings (SSSR count). The summed E-state index contributed by atoms with van der Waals surface area (Å²) in [6, 6.07) is 15.9. The van der Waals surface area contributed by atoms with Crippen molar-refractivity contribution in [2.45, 2.75) is 52.2 Å². The van der Waals surface area contributed by atoms with Crippen LogP contribution in [0.15, 0.2) is 71.3 Å². The Bertz CT molecular complexity index is 1430. The molecule has 198 valence electrons. The van der Waals surface area contributed by atoms with Crippen LogP contribution in [0.5, 0.6) is 0 Å². The first-order chi connectivity index (χ1) is 18.2. The largest absolute Gasteiger partial charge is 0.467 e. The highest BCUT2D eigenvalue weighted by molar-refractivity contribution is 6.02. The average molecular weight is 518 g/mol. The zero-order chi connectivity index (χ0) is 27.3. The topological polar surface area (TPSA) is 120 Å². The predicted octanol–water partition coefficient (Wildman–Crippen LogP) is 4.28. The number of rotatable bonds is 10. The normalized spacial score (nSPS) is 12.2. The first-order valence-electron chi connectivity index (χ1n) is 12.5. The molecule has 2 aromatic carbocycles. The smallest absolute Gasteiger partial charge is 0.338 e. The maximum atomic E-state index is 14.0. The number of hydrogen-bond donors (Lipinski definition) is 1. The number of anilines is 1. The van der Waals surface area contributed by atoms with Crippen molar-refractivity contribution in [2.75, 3.05) is 11.5 Å². The summed E-state index contributed by atoms with van der Waals surface area (Å²) < 4.78 is 12.3. The van der Waals surface area contributed by atoms with Gasteiger partial charge < -0.3 is 14.5 Å². The molecule has 1 N–H and O–H groups in total. The molecular formula is C28H31N5O5. The molecule has 38 heavy (non-hydrogen) atoms. The number of para-hydroxylation sites is 1. The van der Waals surface area contributed by atoms with Gasteiger partial charge in [-0.05, 0) is 69.7 Å². The van der Waals surface area contributed by atoms with Crippen molar-refractivity contribution >= 4 is 34.5 Å². The summed E-state index contributed by atoms with van der Waals surface area (Å²) in [5.74, 6) is -1.14. The number of benzene rings is 2. The Morgan fingerprint density at radius 3 is 2.58 bits per heavy atom. The third-order valence-electron chi connectivity index (χ3n) is 6.27. The molecule has 0 radical (unpaired) electrons. The Balaban J connectivity index is 1.81. The molecule has 2 heterocycles. The minimum atomic E-state index is -1.16. The average Bonchev–Trinajstić information content (AvgIpc) is 3.57. The second kappa shape index (κ2) is 11.3. The standard InChI is InChI=1S/C28H31N5O5/c1-5-28(3,4)29-26(35)25(23-15-10-16-38-23)33(20-12-9-11-19(17-20)27(36)37-6-2)24(34)18-32-22-14-8-7-13-21(22)30-31-32/h7-17,25H,5-6,18H2,1-4H3,(H,29,35). The van der Waals surface area contributed by atoms with Crippen molar-refractivity contribution in [3.8, 4) is 0 Å². The summed E-state index contributed by atoms with van der Waals surface area (Å²) in [6.07, 6.45) is 2.12. The summed E-state index contributed by atoms with van der Waals surface area (Å²) >= 11 is 0. The highest BCUT2D eigenvalue weighted by atomic mass is 16.5. The summed E-state index contributed by atoms with van der Waals surface area (Å²) in [5.41, 5.74) is 1.36. The lowest BCUT2D eigenvalue weighted by atomic mass is 10.0. The Morgan fingerprint density at radius 2 is 1.87 bits per heavy atom. The molecule has 0 spiro atoms. The van der Waals surface area contributed by atoms with Gasteiger partial charge in [-0.1, -0.05) is 30.3 Å². The van der Waals surface area contributed by atoms with Crippen LogP contribution < -0.4 is 10.2 Å². The van der Waals surface area contributed by atoms with E-state index in [1.54, 1.807) is 43.3 Å². The highest BCUT2D eigenvalue weighted by Gasteiger charge is 2.37. The molecule has 0 aliphatic carbocycles. The first kappa shape index (κ1) is 26.6. The molecule has 10 nitrogen and oxygen atoms in total. The Hall–Kier alpha value is -4.47. The lowest BCUT2D eigenvalue weighted by Gasteiger charge is -2.33. The van der Waals surface area contributed by atoms with Crippen molar-refractivity contribution in [2.24, 2.45) is 0 Å². The summed E-state index contributed by atoms with van der Waals surface area (Å²) in [7, 11) is 0. The van der Waals surface area contributed by atoms with E-state index in [9.17, 15) is 14.4 Å². The van der Waals surface area contributed by atoms with E-state index < -0.39 is 29.4 Å². The number of nitrogens with zero attached hydrogens (tertiary/aromatic N) is 4. The zero-order valence-corrected chi connectivity index (χ0v) is 21.9. The molecule has 1 unspecified atom stereocenters. The lowest BCUT2D eigenvalue weighted by molar-refractivity contribution is -0.128. The van der Waals surface area contributed by atoms with Crippen LogP contribution in [0, 0.1) is 0 Å². The van der Waals surface area contributed by atoms with Gasteiger partial charge in [-0.25, -0.2) is 9.48 Å². The number of carbonyl (C=O) groups is 3. The zero-order valence-electron chi connectivity index (χ0n) is 21.9. The van der Waals surface area contributed by atoms with Gasteiger partial charge in [-0.2, -0.15) is 0 Å². The second-order valence-electron chi connectivity index (χ2n) is 9.41. The number of carbonyl (C=O) groups excluding carboxylic acids is 3. The maximum Gasteiger partial charge on any atom is 0.338 e. The van der Waals surface area contributed by atoms with Crippen LogP contribution in [0.3, 0.4) is 0 Å². The van der Waals surface area contributed by atoms with E-state index >= 15 is 0 Å². The molecule has 0 saturated carbocycles. The summed E-state index contributed by atoms with van der Waals surface area (Å²) in [6.45, 7) is 7.48. The third kappa shape index (κ3) is 5.74. The fraction of sp³-hybridized carbons (Fsp3) is 0.321. The van der Waals surface area contributed by atoms with Gasteiger partial charge in [0.15, 0.2) is 6.04 Å². The number of furan rings is 1. The van der Waals surface area contributed by atoms with Crippen molar-refractivity contribution in [1.82, 2.24) is 20.3 Å². The molecule has 1 atom stereocenters. The van der Waals surface area contributed by atoms with Gasteiger partial charge in [0.2, 0.25) is 5.91 Å². The van der Waals surface area contributed by atoms with Gasteiger partial charge in [0.25, 0.3) is 5.91 Å². The van der Waals surface area contributed by atoms with E-state index in [0.29, 0.717) is 23.1 Å². The Labute approximate surface area is 220 Å². The van der Waals surface area contributed by atoms with E-state index in [2.05, 4.69) is 15.6 Å². The highest BCUT2D eigenvalue weighted by Crippen LogP contribution is 2.31. The van der Waals surface area contributed by atoms with Crippen LogP contribution in [-0.4, -0.2) is 44.9 Å². The number of nitrogens with one attached hydrogen (secondary N) is 1. The molecule has 0 bridgehead atoms. The minimum absolute atomic E-state index is 0.203. The molecule has 10 heteroatoms. The van der Waals surface area contributed by atoms with Crippen LogP contribution in [-0.2, 0) is 20.9 Å². The Kier molecular flexibility index (Phi) is 7.90. The molecule has 2 amide bonds. The van der Waals surface area contributed by atoms with Gasteiger partial charge in [0, 0.05) is 11.2 Å². The quantitative estimate of drug-likeness (QED) is 0.312. The van der Waals surface area contributed by atoms with E-state index in [0.717, 1.165) is 0 Å². The number of aromatic nitrogens is 3. The monoisotopic (exact) mass is 517 g/mol. The van der Waals surface area contributed by atoms with Gasteiger partial charge >= 0.3 is 5.97 Å². The SMILES string of the molecule is CCOC(=O)c1cccc(N(C(=O)Cn2nnc3ccccc32)C(C(=O)NC(C)(C)CC)c2ccco2)c1. The van der Waals surface area contributed by atoms with Crippen LogP contribution in [0.1, 0.15) is 56.3 Å². The third-order valence-corrected chi connectivity index (χ3v) is 6.27. The predicted molar refractivity (Wildman–Crippen MR) is 141 cm³/mol. The van der Waals surface area contributed by atoms with Crippen molar-refractivity contribution in [3.63, 3.8) is 0 Å². The van der Waals surface area contributed by atoms with Crippen LogP contribution in [0.4, 0.5) is 5.69 Å². The minimum Gasteiger partial charge on any atom is -0.467 e. The lowest BCUT2D eigenvalue weighted by Crippen LogP contribution is -2.51. The first-order valence-corrected chi connectivity index (χ1v) is 12.5. The van der Waals surface area contributed by atoms with Crippen molar-refractivity contribution in [3.05, 3.63) is 78.3 Å². The number of esters is 1. The number of amides is 2. The van der Waals surface area contributed by atoms with E-state index in [-0.39, 0.29) is 24.5 Å². The van der Waals surface area contributed by atoms with Gasteiger partial charge in [0.1, 0.15) is 17.8 Å². The Morgan fingerprint density at radius 1 is 1.08 bits per heavy atom. The molecular weight excluding hydrogens is 486 g/mol. The fourth-order valence-corrected chi connectivity index (χ4v) is 3.98. The number of hydrogen-bond acceptors (Lipinski definition) is 7. The molecule has 0 aliphatic heterocycles. The molecule has 0 saturated heterocycles. The molecule has 4 aromatic rings. The summed E-state index contributed by atoms with van der Waals surface area (Å²) in [5, 5.41) is 11.3. The molecule has 0 aliphatic rings. The number of ether oxygens (including phenoxy) is 1. The van der Waals surface area contributed by atoms with Crippen molar-refractivity contribution in [1.29, 1.82) is 0 Å². The van der Waals surface area contributed by atoms with Gasteiger partial charge in [0.05, 0.1) is 24.0 Å². The van der Waals surface area contributed by atoms with Crippen LogP contribution in [0.25, 0.3) is 11.0 Å². The summed E-state index contributed by atoms with van der Waals surface area (Å²) in [4.78, 5) is 41.7. The number of fused-ring (bicyclic) bond motifs is 1.